The quantitative estimate of drug-likeness (QED) is 0.866. The second-order valence-electron chi connectivity index (χ2n) is 4.69. The Morgan fingerprint density at radius 2 is 2.05 bits per heavy atom. The number of fused-ring (bicyclic) bond motifs is 1. The van der Waals surface area contributed by atoms with E-state index in [2.05, 4.69) is 5.16 Å². The molecule has 0 spiro atoms. The topological polar surface area (TPSA) is 83.6 Å². The molecule has 0 saturated carbocycles. The molecule has 0 radical (unpaired) electrons. The molecule has 98 valence electrons. The van der Waals surface area contributed by atoms with Crippen LogP contribution in [-0.4, -0.2) is 21.3 Å². The van der Waals surface area contributed by atoms with Crippen LogP contribution in [0.2, 0.25) is 0 Å². The molecule has 0 fully saturated rings. The zero-order valence-corrected chi connectivity index (χ0v) is 10.2. The van der Waals surface area contributed by atoms with Gasteiger partial charge in [-0.2, -0.15) is 0 Å². The monoisotopic (exact) mass is 259 g/mol. The number of hydrogen-bond acceptors (Lipinski definition) is 4. The van der Waals surface area contributed by atoms with Crippen LogP contribution in [0.15, 0.2) is 22.7 Å². The first kappa shape index (κ1) is 11.8. The maximum absolute atomic E-state index is 10.8. The highest BCUT2D eigenvalue weighted by molar-refractivity contribution is 5.87. The Morgan fingerprint density at radius 1 is 1.26 bits per heavy atom. The molecule has 2 aromatic rings. The molecule has 5 heteroatoms. The van der Waals surface area contributed by atoms with Crippen molar-refractivity contribution < 1.29 is 19.5 Å². The molecule has 1 aromatic carbocycles. The van der Waals surface area contributed by atoms with E-state index in [4.69, 9.17) is 9.63 Å². The Morgan fingerprint density at radius 3 is 2.79 bits per heavy atom. The predicted octanol–water partition coefficient (Wildman–Crippen LogP) is 2.62. The van der Waals surface area contributed by atoms with E-state index < -0.39 is 5.97 Å². The summed E-state index contributed by atoms with van der Waals surface area (Å²) < 4.78 is 5.07. The van der Waals surface area contributed by atoms with Gasteiger partial charge in [-0.3, -0.25) is 0 Å². The van der Waals surface area contributed by atoms with Gasteiger partial charge in [0.2, 0.25) is 0 Å². The highest BCUT2D eigenvalue weighted by Crippen LogP contribution is 2.38. The van der Waals surface area contributed by atoms with Gasteiger partial charge in [0.15, 0.2) is 11.5 Å². The first-order chi connectivity index (χ1) is 9.16. The van der Waals surface area contributed by atoms with Crippen LogP contribution in [0, 0.1) is 0 Å². The third kappa shape index (κ3) is 1.97. The lowest BCUT2D eigenvalue weighted by Crippen LogP contribution is -2.04. The third-order valence-electron chi connectivity index (χ3n) is 3.49. The van der Waals surface area contributed by atoms with Gasteiger partial charge in [-0.25, -0.2) is 4.79 Å². The first-order valence-corrected chi connectivity index (χ1v) is 6.21. The SMILES string of the molecule is O=C(O)c1cc(-c2c(O)ccc3c2CCCC3)on1. The number of carboxylic acid groups (broad SMARTS) is 1. The largest absolute Gasteiger partial charge is 0.507 e. The van der Waals surface area contributed by atoms with Gasteiger partial charge < -0.3 is 14.7 Å². The van der Waals surface area contributed by atoms with Crippen molar-refractivity contribution in [2.75, 3.05) is 0 Å². The van der Waals surface area contributed by atoms with Gasteiger partial charge in [0.05, 0.1) is 5.56 Å². The summed E-state index contributed by atoms with van der Waals surface area (Å²) in [5.41, 5.74) is 2.66. The van der Waals surface area contributed by atoms with Gasteiger partial charge in [0.25, 0.3) is 0 Å². The molecule has 19 heavy (non-hydrogen) atoms. The molecule has 0 aliphatic heterocycles. The molecule has 5 nitrogen and oxygen atoms in total. The molecule has 1 aliphatic rings. The van der Waals surface area contributed by atoms with Gasteiger partial charge in [0, 0.05) is 6.07 Å². The second kappa shape index (κ2) is 4.42. The van der Waals surface area contributed by atoms with E-state index in [1.807, 2.05) is 6.07 Å². The Bertz CT molecular complexity index is 645. The predicted molar refractivity (Wildman–Crippen MR) is 67.2 cm³/mol. The average molecular weight is 259 g/mol. The number of phenols is 1. The van der Waals surface area contributed by atoms with Gasteiger partial charge in [-0.15, -0.1) is 0 Å². The van der Waals surface area contributed by atoms with E-state index in [9.17, 15) is 9.90 Å². The number of nitrogens with zero attached hydrogens (tertiary/aromatic N) is 1. The molecule has 0 unspecified atom stereocenters. The fraction of sp³-hybridized carbons (Fsp3) is 0.286. The zero-order chi connectivity index (χ0) is 13.4. The van der Waals surface area contributed by atoms with Crippen LogP contribution in [0.25, 0.3) is 11.3 Å². The van der Waals surface area contributed by atoms with E-state index in [0.717, 1.165) is 31.2 Å². The third-order valence-corrected chi connectivity index (χ3v) is 3.49. The lowest BCUT2D eigenvalue weighted by atomic mass is 9.87. The minimum Gasteiger partial charge on any atom is -0.507 e. The fourth-order valence-corrected chi connectivity index (χ4v) is 2.58. The average Bonchev–Trinajstić information content (AvgIpc) is 2.88. The Balaban J connectivity index is 2.15. The summed E-state index contributed by atoms with van der Waals surface area (Å²) in [4.78, 5) is 10.8. The molecule has 0 atom stereocenters. The molecule has 2 N–H and O–H groups in total. The van der Waals surface area contributed by atoms with Gasteiger partial charge in [0.1, 0.15) is 5.75 Å². The maximum atomic E-state index is 10.8. The van der Waals surface area contributed by atoms with Crippen LogP contribution in [0.4, 0.5) is 0 Å². The molecule has 3 rings (SSSR count). The number of aromatic nitrogens is 1. The summed E-state index contributed by atoms with van der Waals surface area (Å²) in [5.74, 6) is -0.721. The highest BCUT2D eigenvalue weighted by Gasteiger charge is 2.22. The molecule has 1 aromatic heterocycles. The summed E-state index contributed by atoms with van der Waals surface area (Å²) in [6.45, 7) is 0. The zero-order valence-electron chi connectivity index (χ0n) is 10.2. The number of rotatable bonds is 2. The standard InChI is InChI=1S/C14H13NO4/c16-11-6-5-8-3-1-2-4-9(8)13(11)12-7-10(14(17)18)15-19-12/h5-7,16H,1-4H2,(H,17,18). The Labute approximate surface area is 109 Å². The molecular weight excluding hydrogens is 246 g/mol. The van der Waals surface area contributed by atoms with E-state index in [0.29, 0.717) is 11.3 Å². The van der Waals surface area contributed by atoms with Crippen molar-refractivity contribution in [3.05, 3.63) is 35.0 Å². The number of carboxylic acids is 1. The van der Waals surface area contributed by atoms with Crippen LogP contribution in [0.1, 0.15) is 34.5 Å². The number of phenolic OH excluding ortho intramolecular Hbond substituents is 1. The van der Waals surface area contributed by atoms with Gasteiger partial charge in [-0.05, 0) is 42.9 Å². The number of aryl methyl sites for hydroxylation is 1. The minimum atomic E-state index is -1.14. The summed E-state index contributed by atoms with van der Waals surface area (Å²) >= 11 is 0. The number of benzene rings is 1. The molecule has 0 bridgehead atoms. The van der Waals surface area contributed by atoms with E-state index in [1.165, 1.54) is 11.6 Å². The van der Waals surface area contributed by atoms with Crippen LogP contribution in [-0.2, 0) is 12.8 Å². The number of aromatic hydroxyl groups is 1. The molecule has 1 heterocycles. The van der Waals surface area contributed by atoms with E-state index >= 15 is 0 Å². The van der Waals surface area contributed by atoms with Gasteiger partial charge >= 0.3 is 5.97 Å². The molecule has 0 amide bonds. The van der Waals surface area contributed by atoms with Crippen molar-refractivity contribution in [2.24, 2.45) is 0 Å². The van der Waals surface area contributed by atoms with E-state index in [-0.39, 0.29) is 11.4 Å². The Kier molecular flexibility index (Phi) is 2.74. The van der Waals surface area contributed by atoms with Crippen molar-refractivity contribution in [2.45, 2.75) is 25.7 Å². The van der Waals surface area contributed by atoms with Crippen molar-refractivity contribution >= 4 is 5.97 Å². The molecule has 0 saturated heterocycles. The van der Waals surface area contributed by atoms with Gasteiger partial charge in [-0.1, -0.05) is 11.2 Å². The summed E-state index contributed by atoms with van der Waals surface area (Å²) in [6.07, 6.45) is 4.03. The summed E-state index contributed by atoms with van der Waals surface area (Å²) in [6, 6.07) is 4.90. The normalized spacial score (nSPS) is 14.1. The summed E-state index contributed by atoms with van der Waals surface area (Å²) in [7, 11) is 0. The van der Waals surface area contributed by atoms with Crippen LogP contribution < -0.4 is 0 Å². The smallest absolute Gasteiger partial charge is 0.358 e. The fourth-order valence-electron chi connectivity index (χ4n) is 2.58. The highest BCUT2D eigenvalue weighted by atomic mass is 16.5. The summed E-state index contributed by atoms with van der Waals surface area (Å²) in [5, 5.41) is 22.4. The van der Waals surface area contributed by atoms with Crippen molar-refractivity contribution in [1.29, 1.82) is 0 Å². The lowest BCUT2D eigenvalue weighted by Gasteiger charge is -2.18. The number of carbonyl (C=O) groups is 1. The minimum absolute atomic E-state index is 0.105. The Hall–Kier alpha value is -2.30. The van der Waals surface area contributed by atoms with Crippen molar-refractivity contribution in [3.8, 4) is 17.1 Å². The van der Waals surface area contributed by atoms with Crippen molar-refractivity contribution in [1.82, 2.24) is 5.16 Å². The maximum Gasteiger partial charge on any atom is 0.358 e. The number of hydrogen-bond donors (Lipinski definition) is 2. The van der Waals surface area contributed by atoms with E-state index in [1.54, 1.807) is 6.07 Å². The second-order valence-corrected chi connectivity index (χ2v) is 4.69. The molecule has 1 aliphatic carbocycles. The van der Waals surface area contributed by atoms with Crippen LogP contribution in [0.5, 0.6) is 5.75 Å². The van der Waals surface area contributed by atoms with Crippen molar-refractivity contribution in [3.63, 3.8) is 0 Å². The van der Waals surface area contributed by atoms with Crippen LogP contribution >= 0.6 is 0 Å². The lowest BCUT2D eigenvalue weighted by molar-refractivity contribution is 0.0686. The molecular formula is C14H13NO4. The number of aromatic carboxylic acids is 1. The first-order valence-electron chi connectivity index (χ1n) is 6.21. The van der Waals surface area contributed by atoms with Crippen LogP contribution in [0.3, 0.4) is 0 Å².